The third kappa shape index (κ3) is 2.98. The lowest BCUT2D eigenvalue weighted by molar-refractivity contribution is 0.590. The second-order valence-corrected chi connectivity index (χ2v) is 5.13. The second-order valence-electron chi connectivity index (χ2n) is 3.68. The standard InChI is InChI=1S/C13H9F3OS/c14-10-2-1-3-12(7-10)18(17)8-9-6-11(15)4-5-13(9)16/h1-7H,8H2. The first-order valence-corrected chi connectivity index (χ1v) is 6.46. The van der Waals surface area contributed by atoms with Crippen LogP contribution in [0.25, 0.3) is 0 Å². The molecule has 0 saturated heterocycles. The molecule has 0 N–H and O–H groups in total. The van der Waals surface area contributed by atoms with Gasteiger partial charge in [-0.2, -0.15) is 0 Å². The van der Waals surface area contributed by atoms with Gasteiger partial charge in [0, 0.05) is 10.5 Å². The zero-order chi connectivity index (χ0) is 13.1. The molecule has 0 saturated carbocycles. The molecule has 0 aliphatic rings. The fraction of sp³-hybridized carbons (Fsp3) is 0.0769. The summed E-state index contributed by atoms with van der Waals surface area (Å²) in [4.78, 5) is 0.249. The first-order chi connectivity index (χ1) is 8.56. The molecule has 0 spiro atoms. The molecule has 0 heterocycles. The maximum absolute atomic E-state index is 13.3. The van der Waals surface area contributed by atoms with Crippen LogP contribution in [0.5, 0.6) is 0 Å². The summed E-state index contributed by atoms with van der Waals surface area (Å²) in [7, 11) is -1.61. The van der Waals surface area contributed by atoms with Gasteiger partial charge in [-0.3, -0.25) is 4.21 Å². The van der Waals surface area contributed by atoms with Crippen molar-refractivity contribution >= 4 is 10.8 Å². The van der Waals surface area contributed by atoms with Crippen LogP contribution in [0.3, 0.4) is 0 Å². The molecule has 0 bridgehead atoms. The van der Waals surface area contributed by atoms with Crippen molar-refractivity contribution < 1.29 is 17.4 Å². The van der Waals surface area contributed by atoms with Crippen molar-refractivity contribution in [2.24, 2.45) is 0 Å². The second kappa shape index (κ2) is 5.35. The summed E-state index contributed by atoms with van der Waals surface area (Å²) in [6.07, 6.45) is 0. The summed E-state index contributed by atoms with van der Waals surface area (Å²) >= 11 is 0. The van der Waals surface area contributed by atoms with Crippen molar-refractivity contribution in [2.75, 3.05) is 0 Å². The Morgan fingerprint density at radius 1 is 0.944 bits per heavy atom. The Morgan fingerprint density at radius 2 is 1.67 bits per heavy atom. The summed E-state index contributed by atoms with van der Waals surface area (Å²) < 4.78 is 51.1. The van der Waals surface area contributed by atoms with Gasteiger partial charge in [-0.1, -0.05) is 6.07 Å². The van der Waals surface area contributed by atoms with Gasteiger partial charge in [0.1, 0.15) is 17.5 Å². The van der Waals surface area contributed by atoms with E-state index in [9.17, 15) is 17.4 Å². The van der Waals surface area contributed by atoms with Crippen molar-refractivity contribution in [2.45, 2.75) is 10.6 Å². The van der Waals surface area contributed by atoms with Gasteiger partial charge in [-0.15, -0.1) is 0 Å². The van der Waals surface area contributed by atoms with E-state index in [1.165, 1.54) is 18.2 Å². The minimum atomic E-state index is -1.61. The highest BCUT2D eigenvalue weighted by Crippen LogP contribution is 2.16. The van der Waals surface area contributed by atoms with Gasteiger partial charge in [-0.05, 0) is 36.4 Å². The quantitative estimate of drug-likeness (QED) is 0.835. The molecule has 94 valence electrons. The maximum Gasteiger partial charge on any atom is 0.127 e. The molecule has 0 amide bonds. The zero-order valence-electron chi connectivity index (χ0n) is 9.20. The highest BCUT2D eigenvalue weighted by molar-refractivity contribution is 7.84. The van der Waals surface area contributed by atoms with E-state index in [2.05, 4.69) is 0 Å². The molecule has 0 radical (unpaired) electrons. The van der Waals surface area contributed by atoms with Crippen LogP contribution in [-0.4, -0.2) is 4.21 Å². The van der Waals surface area contributed by atoms with E-state index in [1.54, 1.807) is 0 Å². The SMILES string of the molecule is O=S(Cc1cc(F)ccc1F)c1cccc(F)c1. The Bertz CT molecular complexity index is 599. The van der Waals surface area contributed by atoms with E-state index >= 15 is 0 Å². The topological polar surface area (TPSA) is 17.1 Å². The van der Waals surface area contributed by atoms with Crippen LogP contribution in [0.4, 0.5) is 13.2 Å². The third-order valence-corrected chi connectivity index (χ3v) is 3.71. The average Bonchev–Trinajstić information content (AvgIpc) is 2.34. The zero-order valence-corrected chi connectivity index (χ0v) is 10.0. The van der Waals surface area contributed by atoms with Crippen LogP contribution in [0.1, 0.15) is 5.56 Å². The lowest BCUT2D eigenvalue weighted by Gasteiger charge is -2.04. The monoisotopic (exact) mass is 270 g/mol. The van der Waals surface area contributed by atoms with Crippen LogP contribution in [-0.2, 0) is 16.6 Å². The first kappa shape index (κ1) is 12.8. The molecule has 2 rings (SSSR count). The Labute approximate surface area is 105 Å². The third-order valence-electron chi connectivity index (χ3n) is 2.35. The lowest BCUT2D eigenvalue weighted by Crippen LogP contribution is -2.00. The van der Waals surface area contributed by atoms with Crippen molar-refractivity contribution in [3.63, 3.8) is 0 Å². The number of rotatable bonds is 3. The molecule has 0 fully saturated rings. The molecule has 2 aromatic carbocycles. The molecular weight excluding hydrogens is 261 g/mol. The Kier molecular flexibility index (Phi) is 3.81. The number of hydrogen-bond acceptors (Lipinski definition) is 1. The van der Waals surface area contributed by atoms with Crippen molar-refractivity contribution in [1.82, 2.24) is 0 Å². The molecule has 0 aromatic heterocycles. The molecule has 2 aromatic rings. The predicted molar refractivity (Wildman–Crippen MR) is 62.9 cm³/mol. The Balaban J connectivity index is 2.24. The van der Waals surface area contributed by atoms with E-state index in [-0.39, 0.29) is 16.2 Å². The van der Waals surface area contributed by atoms with Gasteiger partial charge >= 0.3 is 0 Å². The normalized spacial score (nSPS) is 12.4. The average molecular weight is 270 g/mol. The van der Waals surface area contributed by atoms with Crippen molar-refractivity contribution in [3.05, 3.63) is 65.5 Å². The largest absolute Gasteiger partial charge is 0.254 e. The molecule has 1 nitrogen and oxygen atoms in total. The Morgan fingerprint density at radius 3 is 2.39 bits per heavy atom. The summed E-state index contributed by atoms with van der Waals surface area (Å²) in [5.74, 6) is -1.92. The number of benzene rings is 2. The summed E-state index contributed by atoms with van der Waals surface area (Å²) in [6.45, 7) is 0. The first-order valence-electron chi connectivity index (χ1n) is 5.14. The lowest BCUT2D eigenvalue weighted by atomic mass is 10.2. The van der Waals surface area contributed by atoms with Crippen LogP contribution in [0.2, 0.25) is 0 Å². The van der Waals surface area contributed by atoms with Crippen LogP contribution in [0.15, 0.2) is 47.4 Å². The smallest absolute Gasteiger partial charge is 0.127 e. The van der Waals surface area contributed by atoms with Gasteiger partial charge in [-0.25, -0.2) is 13.2 Å². The molecule has 0 aliphatic carbocycles. The minimum Gasteiger partial charge on any atom is -0.254 e. The molecule has 1 unspecified atom stereocenters. The molecule has 5 heteroatoms. The summed E-state index contributed by atoms with van der Waals surface area (Å²) in [5.41, 5.74) is 0.0117. The molecular formula is C13H9F3OS. The van der Waals surface area contributed by atoms with Crippen molar-refractivity contribution in [3.8, 4) is 0 Å². The van der Waals surface area contributed by atoms with Gasteiger partial charge in [0.2, 0.25) is 0 Å². The number of halogens is 3. The minimum absolute atomic E-state index is 0.0117. The summed E-state index contributed by atoms with van der Waals surface area (Å²) in [6, 6.07) is 8.21. The maximum atomic E-state index is 13.3. The van der Waals surface area contributed by atoms with Gasteiger partial charge in [0.05, 0.1) is 16.6 Å². The van der Waals surface area contributed by atoms with Gasteiger partial charge in [0.25, 0.3) is 0 Å². The predicted octanol–water partition coefficient (Wildman–Crippen LogP) is 3.41. The van der Waals surface area contributed by atoms with Crippen LogP contribution >= 0.6 is 0 Å². The fourth-order valence-corrected chi connectivity index (χ4v) is 2.63. The van der Waals surface area contributed by atoms with E-state index in [4.69, 9.17) is 0 Å². The fourth-order valence-electron chi connectivity index (χ4n) is 1.49. The summed E-state index contributed by atoms with van der Waals surface area (Å²) in [5, 5.41) is 0. The Hall–Kier alpha value is -1.62. The van der Waals surface area contributed by atoms with Crippen LogP contribution < -0.4 is 0 Å². The van der Waals surface area contributed by atoms with Crippen LogP contribution in [0, 0.1) is 17.5 Å². The molecule has 18 heavy (non-hydrogen) atoms. The van der Waals surface area contributed by atoms with Gasteiger partial charge in [0.15, 0.2) is 0 Å². The van der Waals surface area contributed by atoms with Gasteiger partial charge < -0.3 is 0 Å². The van der Waals surface area contributed by atoms with E-state index < -0.39 is 28.3 Å². The highest BCUT2D eigenvalue weighted by Gasteiger charge is 2.10. The highest BCUT2D eigenvalue weighted by atomic mass is 32.2. The number of hydrogen-bond donors (Lipinski definition) is 0. The van der Waals surface area contributed by atoms with Crippen molar-refractivity contribution in [1.29, 1.82) is 0 Å². The molecule has 1 atom stereocenters. The van der Waals surface area contributed by atoms with E-state index in [0.717, 1.165) is 24.3 Å². The van der Waals surface area contributed by atoms with E-state index in [1.807, 2.05) is 0 Å². The van der Waals surface area contributed by atoms with E-state index in [0.29, 0.717) is 0 Å². The molecule has 0 aliphatic heterocycles.